The molecule has 0 aromatic carbocycles. The zero-order valence-electron chi connectivity index (χ0n) is 14.0. The maximum Gasteiger partial charge on any atom is 0.191 e. The number of nitrogens with one attached hydrogen (secondary N) is 2. The molecule has 0 saturated heterocycles. The molecule has 2 N–H and O–H groups in total. The van der Waals surface area contributed by atoms with Gasteiger partial charge in [-0.25, -0.2) is 0 Å². The molecule has 0 aliphatic rings. The number of aryl methyl sites for hydroxylation is 1. The van der Waals surface area contributed by atoms with E-state index in [1.165, 1.54) is 11.1 Å². The molecule has 0 fully saturated rings. The number of rotatable bonds is 7. The van der Waals surface area contributed by atoms with Crippen molar-refractivity contribution in [3.63, 3.8) is 0 Å². The molecule has 2 rings (SSSR count). The number of nitrogens with zero attached hydrogens (tertiary/aromatic N) is 3. The standard InChI is InChI=1S/C16H25N5S.HI/c1-4-17-16(18-7-5-14-10-20-21(3)11-14)19-9-13(2)15-6-8-22-12-15;/h6,8,10-13H,4-5,7,9H2,1-3H3,(H2,17,18,19);1H. The van der Waals surface area contributed by atoms with Gasteiger partial charge in [0.2, 0.25) is 0 Å². The van der Waals surface area contributed by atoms with Crippen LogP contribution in [-0.2, 0) is 13.5 Å². The van der Waals surface area contributed by atoms with E-state index in [1.54, 1.807) is 11.3 Å². The van der Waals surface area contributed by atoms with Crippen LogP contribution in [0.1, 0.15) is 30.9 Å². The Hall–Kier alpha value is -1.09. The van der Waals surface area contributed by atoms with Gasteiger partial charge in [0, 0.05) is 38.8 Å². The molecule has 2 heterocycles. The van der Waals surface area contributed by atoms with Gasteiger partial charge < -0.3 is 10.6 Å². The number of halogens is 1. The fourth-order valence-electron chi connectivity index (χ4n) is 2.16. The largest absolute Gasteiger partial charge is 0.357 e. The van der Waals surface area contributed by atoms with Gasteiger partial charge >= 0.3 is 0 Å². The summed E-state index contributed by atoms with van der Waals surface area (Å²) >= 11 is 1.74. The molecule has 5 nitrogen and oxygen atoms in total. The Kier molecular flexibility index (Phi) is 9.23. The third-order valence-electron chi connectivity index (χ3n) is 3.44. The third kappa shape index (κ3) is 6.90. The lowest BCUT2D eigenvalue weighted by atomic mass is 10.1. The van der Waals surface area contributed by atoms with Crippen LogP contribution in [-0.4, -0.2) is 35.4 Å². The van der Waals surface area contributed by atoms with E-state index >= 15 is 0 Å². The highest BCUT2D eigenvalue weighted by atomic mass is 127. The van der Waals surface area contributed by atoms with Crippen LogP contribution in [0.2, 0.25) is 0 Å². The molecule has 0 amide bonds. The van der Waals surface area contributed by atoms with E-state index in [1.807, 2.05) is 24.1 Å². The molecule has 7 heteroatoms. The molecule has 2 aromatic heterocycles. The topological polar surface area (TPSA) is 54.2 Å². The average molecular weight is 447 g/mol. The summed E-state index contributed by atoms with van der Waals surface area (Å²) in [7, 11) is 1.94. The van der Waals surface area contributed by atoms with Crippen molar-refractivity contribution in [1.82, 2.24) is 20.4 Å². The van der Waals surface area contributed by atoms with Crippen LogP contribution >= 0.6 is 35.3 Å². The van der Waals surface area contributed by atoms with Gasteiger partial charge in [-0.3, -0.25) is 9.67 Å². The van der Waals surface area contributed by atoms with Crippen LogP contribution < -0.4 is 10.6 Å². The first-order chi connectivity index (χ1) is 10.7. The summed E-state index contributed by atoms with van der Waals surface area (Å²) in [5.41, 5.74) is 2.59. The van der Waals surface area contributed by atoms with Crippen molar-refractivity contribution in [1.29, 1.82) is 0 Å². The maximum absolute atomic E-state index is 4.68. The molecule has 0 spiro atoms. The summed E-state index contributed by atoms with van der Waals surface area (Å²) in [6.07, 6.45) is 4.90. The van der Waals surface area contributed by atoms with E-state index in [-0.39, 0.29) is 24.0 Å². The summed E-state index contributed by atoms with van der Waals surface area (Å²) in [6, 6.07) is 2.17. The predicted octanol–water partition coefficient (Wildman–Crippen LogP) is 3.00. The second-order valence-corrected chi connectivity index (χ2v) is 6.16. The summed E-state index contributed by atoms with van der Waals surface area (Å²) in [4.78, 5) is 4.68. The first-order valence-electron chi connectivity index (χ1n) is 7.70. The van der Waals surface area contributed by atoms with E-state index in [9.17, 15) is 0 Å². The second kappa shape index (κ2) is 10.6. The molecule has 0 bridgehead atoms. The molecule has 2 aromatic rings. The van der Waals surface area contributed by atoms with Crippen molar-refractivity contribution < 1.29 is 0 Å². The number of hydrogen-bond donors (Lipinski definition) is 2. The highest BCUT2D eigenvalue weighted by Crippen LogP contribution is 2.18. The second-order valence-electron chi connectivity index (χ2n) is 5.38. The molecule has 0 aliphatic carbocycles. The zero-order valence-corrected chi connectivity index (χ0v) is 17.1. The van der Waals surface area contributed by atoms with Crippen LogP contribution in [0.15, 0.2) is 34.2 Å². The Labute approximate surface area is 159 Å². The van der Waals surface area contributed by atoms with Gasteiger partial charge in [0.15, 0.2) is 5.96 Å². The summed E-state index contributed by atoms with van der Waals surface area (Å²) in [6.45, 7) is 6.81. The van der Waals surface area contributed by atoms with E-state index in [0.717, 1.165) is 32.0 Å². The van der Waals surface area contributed by atoms with Crippen LogP contribution in [0.5, 0.6) is 0 Å². The minimum Gasteiger partial charge on any atom is -0.357 e. The molecule has 1 unspecified atom stereocenters. The first kappa shape index (κ1) is 20.0. The average Bonchev–Trinajstić information content (AvgIpc) is 3.16. The van der Waals surface area contributed by atoms with Crippen LogP contribution in [0.3, 0.4) is 0 Å². The number of aliphatic imine (C=N–C) groups is 1. The van der Waals surface area contributed by atoms with E-state index in [0.29, 0.717) is 5.92 Å². The first-order valence-corrected chi connectivity index (χ1v) is 8.65. The fourth-order valence-corrected chi connectivity index (χ4v) is 2.94. The van der Waals surface area contributed by atoms with Gasteiger partial charge in [0.1, 0.15) is 0 Å². The highest BCUT2D eigenvalue weighted by Gasteiger charge is 2.06. The zero-order chi connectivity index (χ0) is 15.8. The number of hydrogen-bond acceptors (Lipinski definition) is 3. The van der Waals surface area contributed by atoms with Crippen LogP contribution in [0.25, 0.3) is 0 Å². The SMILES string of the molecule is CCNC(=NCC(C)c1ccsc1)NCCc1cnn(C)c1.I. The van der Waals surface area contributed by atoms with Gasteiger partial charge in [-0.05, 0) is 41.3 Å². The molecular formula is C16H26IN5S. The normalized spacial score (nSPS) is 12.6. The van der Waals surface area contributed by atoms with Gasteiger partial charge in [0.05, 0.1) is 6.20 Å². The lowest BCUT2D eigenvalue weighted by Crippen LogP contribution is -2.38. The monoisotopic (exact) mass is 447 g/mol. The highest BCUT2D eigenvalue weighted by molar-refractivity contribution is 14.0. The van der Waals surface area contributed by atoms with Crippen LogP contribution in [0.4, 0.5) is 0 Å². The van der Waals surface area contributed by atoms with Crippen molar-refractivity contribution in [3.8, 4) is 0 Å². The number of thiophene rings is 1. The molecule has 0 radical (unpaired) electrons. The Bertz CT molecular complexity index is 579. The van der Waals surface area contributed by atoms with Crippen molar-refractivity contribution in [3.05, 3.63) is 40.3 Å². The Morgan fingerprint density at radius 3 is 2.87 bits per heavy atom. The van der Waals surface area contributed by atoms with Crippen molar-refractivity contribution in [2.45, 2.75) is 26.2 Å². The Morgan fingerprint density at radius 1 is 1.43 bits per heavy atom. The van der Waals surface area contributed by atoms with Gasteiger partial charge in [0.25, 0.3) is 0 Å². The fraction of sp³-hybridized carbons (Fsp3) is 0.500. The quantitative estimate of drug-likeness (QED) is 0.390. The summed E-state index contributed by atoms with van der Waals surface area (Å²) < 4.78 is 1.83. The summed E-state index contributed by atoms with van der Waals surface area (Å²) in [5.74, 6) is 1.33. The molecular weight excluding hydrogens is 421 g/mol. The Morgan fingerprint density at radius 2 is 2.26 bits per heavy atom. The third-order valence-corrected chi connectivity index (χ3v) is 4.15. The smallest absolute Gasteiger partial charge is 0.191 e. The summed E-state index contributed by atoms with van der Waals surface area (Å²) in [5, 5.41) is 15.2. The maximum atomic E-state index is 4.68. The van der Waals surface area contributed by atoms with Crippen LogP contribution in [0, 0.1) is 0 Å². The molecule has 128 valence electrons. The number of aromatic nitrogens is 2. The lowest BCUT2D eigenvalue weighted by Gasteiger charge is -2.12. The van der Waals surface area contributed by atoms with Gasteiger partial charge in [-0.2, -0.15) is 16.4 Å². The van der Waals surface area contributed by atoms with Crippen molar-refractivity contribution >= 4 is 41.3 Å². The van der Waals surface area contributed by atoms with Gasteiger partial charge in [-0.1, -0.05) is 6.92 Å². The Balaban J connectivity index is 0.00000264. The molecule has 1 atom stereocenters. The van der Waals surface area contributed by atoms with E-state index in [2.05, 4.69) is 51.4 Å². The minimum atomic E-state index is 0. The van der Waals surface area contributed by atoms with Gasteiger partial charge in [-0.15, -0.1) is 24.0 Å². The molecule has 0 aliphatic heterocycles. The predicted molar refractivity (Wildman–Crippen MR) is 109 cm³/mol. The van der Waals surface area contributed by atoms with Crippen molar-refractivity contribution in [2.75, 3.05) is 19.6 Å². The van der Waals surface area contributed by atoms with E-state index < -0.39 is 0 Å². The lowest BCUT2D eigenvalue weighted by molar-refractivity contribution is 0.747. The minimum absolute atomic E-state index is 0. The molecule has 0 saturated carbocycles. The number of guanidine groups is 1. The molecule has 23 heavy (non-hydrogen) atoms. The van der Waals surface area contributed by atoms with E-state index in [4.69, 9.17) is 0 Å². The van der Waals surface area contributed by atoms with Crippen molar-refractivity contribution in [2.24, 2.45) is 12.0 Å².